The number of carbonyl (C=O) groups excluding carboxylic acids is 1. The summed E-state index contributed by atoms with van der Waals surface area (Å²) >= 11 is 6.45. The predicted octanol–water partition coefficient (Wildman–Crippen LogP) is 3.22. The number of carbonyl (C=O) groups is 1. The van der Waals surface area contributed by atoms with E-state index >= 15 is 0 Å². The van der Waals surface area contributed by atoms with Gasteiger partial charge in [-0.3, -0.25) is 9.79 Å². The SMILES string of the molecule is CCC1N=C(c2ccccc2Cl)c2ccccc2N2CC(=O)NN=C12. The number of rotatable bonds is 2. The van der Waals surface area contributed by atoms with Crippen molar-refractivity contribution in [2.45, 2.75) is 19.4 Å². The number of anilines is 1. The van der Waals surface area contributed by atoms with E-state index in [0.29, 0.717) is 5.02 Å². The summed E-state index contributed by atoms with van der Waals surface area (Å²) in [5, 5.41) is 4.95. The van der Waals surface area contributed by atoms with Gasteiger partial charge in [0.1, 0.15) is 12.6 Å². The fourth-order valence-electron chi connectivity index (χ4n) is 3.24. The number of hydrogen-bond acceptors (Lipinski definition) is 4. The number of aliphatic imine (C=N–C) groups is 1. The van der Waals surface area contributed by atoms with Crippen LogP contribution in [0.5, 0.6) is 0 Å². The molecule has 2 aliphatic rings. The van der Waals surface area contributed by atoms with Crippen LogP contribution < -0.4 is 10.3 Å². The van der Waals surface area contributed by atoms with E-state index < -0.39 is 0 Å². The zero-order valence-electron chi connectivity index (χ0n) is 13.7. The van der Waals surface area contributed by atoms with E-state index in [2.05, 4.69) is 17.5 Å². The first-order valence-corrected chi connectivity index (χ1v) is 8.63. The lowest BCUT2D eigenvalue weighted by Crippen LogP contribution is -2.49. The number of hydrogen-bond donors (Lipinski definition) is 1. The summed E-state index contributed by atoms with van der Waals surface area (Å²) in [6.45, 7) is 2.29. The second-order valence-electron chi connectivity index (χ2n) is 5.99. The van der Waals surface area contributed by atoms with E-state index in [4.69, 9.17) is 16.6 Å². The van der Waals surface area contributed by atoms with Gasteiger partial charge in [0.2, 0.25) is 0 Å². The third-order valence-electron chi connectivity index (χ3n) is 4.42. The first-order valence-electron chi connectivity index (χ1n) is 8.25. The van der Waals surface area contributed by atoms with Crippen LogP contribution >= 0.6 is 11.6 Å². The Morgan fingerprint density at radius 3 is 2.64 bits per heavy atom. The number of hydrazone groups is 1. The highest BCUT2D eigenvalue weighted by Gasteiger charge is 2.33. The molecule has 2 aromatic rings. The third-order valence-corrected chi connectivity index (χ3v) is 4.75. The van der Waals surface area contributed by atoms with Gasteiger partial charge in [0.05, 0.1) is 11.4 Å². The van der Waals surface area contributed by atoms with E-state index in [1.54, 1.807) is 0 Å². The first-order chi connectivity index (χ1) is 12.2. The fourth-order valence-corrected chi connectivity index (χ4v) is 3.46. The minimum Gasteiger partial charge on any atom is -0.316 e. The second kappa shape index (κ2) is 6.33. The Morgan fingerprint density at radius 1 is 1.16 bits per heavy atom. The maximum absolute atomic E-state index is 11.9. The number of para-hydroxylation sites is 1. The monoisotopic (exact) mass is 352 g/mol. The van der Waals surface area contributed by atoms with Crippen molar-refractivity contribution in [3.05, 3.63) is 64.7 Å². The zero-order chi connectivity index (χ0) is 17.4. The Bertz CT molecular complexity index is 906. The molecule has 6 heteroatoms. The van der Waals surface area contributed by atoms with Crippen LogP contribution in [0.4, 0.5) is 5.69 Å². The van der Waals surface area contributed by atoms with E-state index in [-0.39, 0.29) is 18.5 Å². The van der Waals surface area contributed by atoms with Gasteiger partial charge in [-0.15, -0.1) is 0 Å². The molecule has 0 saturated heterocycles. The molecular weight excluding hydrogens is 336 g/mol. The van der Waals surface area contributed by atoms with Crippen LogP contribution in [-0.2, 0) is 4.79 Å². The highest BCUT2D eigenvalue weighted by molar-refractivity contribution is 6.36. The quantitative estimate of drug-likeness (QED) is 0.902. The Kier molecular flexibility index (Phi) is 4.01. The molecule has 25 heavy (non-hydrogen) atoms. The van der Waals surface area contributed by atoms with Crippen molar-refractivity contribution in [2.24, 2.45) is 10.1 Å². The number of halogens is 1. The second-order valence-corrected chi connectivity index (χ2v) is 6.40. The van der Waals surface area contributed by atoms with Crippen molar-refractivity contribution < 1.29 is 4.79 Å². The molecule has 4 rings (SSSR count). The van der Waals surface area contributed by atoms with Crippen LogP contribution in [0, 0.1) is 0 Å². The lowest BCUT2D eigenvalue weighted by atomic mass is 10.00. The molecule has 126 valence electrons. The van der Waals surface area contributed by atoms with Crippen molar-refractivity contribution in [1.29, 1.82) is 0 Å². The van der Waals surface area contributed by atoms with Gasteiger partial charge >= 0.3 is 0 Å². The summed E-state index contributed by atoms with van der Waals surface area (Å²) in [6, 6.07) is 15.5. The van der Waals surface area contributed by atoms with Crippen LogP contribution in [-0.4, -0.2) is 30.0 Å². The summed E-state index contributed by atoms with van der Waals surface area (Å²) in [5.41, 5.74) is 6.17. The average molecular weight is 353 g/mol. The van der Waals surface area contributed by atoms with Crippen LogP contribution in [0.15, 0.2) is 58.6 Å². The molecule has 1 N–H and O–H groups in total. The molecule has 5 nitrogen and oxygen atoms in total. The average Bonchev–Trinajstić information content (AvgIpc) is 2.77. The van der Waals surface area contributed by atoms with Crippen molar-refractivity contribution in [1.82, 2.24) is 5.43 Å². The Hall–Kier alpha value is -2.66. The Balaban J connectivity index is 1.98. The van der Waals surface area contributed by atoms with Crippen LogP contribution in [0.3, 0.4) is 0 Å². The highest BCUT2D eigenvalue weighted by Crippen LogP contribution is 2.32. The first kappa shape index (κ1) is 15.8. The number of nitrogens with one attached hydrogen (secondary N) is 1. The number of benzene rings is 2. The Morgan fingerprint density at radius 2 is 1.88 bits per heavy atom. The molecule has 2 aromatic carbocycles. The molecule has 0 aliphatic carbocycles. The van der Waals surface area contributed by atoms with Crippen molar-refractivity contribution in [2.75, 3.05) is 11.4 Å². The van der Waals surface area contributed by atoms with Gasteiger partial charge in [-0.05, 0) is 18.6 Å². The van der Waals surface area contributed by atoms with Crippen LogP contribution in [0.2, 0.25) is 5.02 Å². The minimum absolute atomic E-state index is 0.130. The lowest BCUT2D eigenvalue weighted by molar-refractivity contribution is -0.119. The number of fused-ring (bicyclic) bond motifs is 3. The molecule has 0 bridgehead atoms. The molecule has 1 amide bonds. The standard InChI is InChI=1S/C19H17ClN4O/c1-2-15-19-23-22-17(25)11-24(19)16-10-6-4-8-13(16)18(21-15)12-7-3-5-9-14(12)20/h3-10,15H,2,11H2,1H3,(H,22,25). The van der Waals surface area contributed by atoms with Gasteiger partial charge in [0, 0.05) is 16.1 Å². The fraction of sp³-hybridized carbons (Fsp3) is 0.211. The van der Waals surface area contributed by atoms with Crippen LogP contribution in [0.1, 0.15) is 24.5 Å². The van der Waals surface area contributed by atoms with Gasteiger partial charge in [-0.1, -0.05) is 54.9 Å². The summed E-state index contributed by atoms with van der Waals surface area (Å²) in [4.78, 5) is 18.9. The van der Waals surface area contributed by atoms with Crippen LogP contribution in [0.25, 0.3) is 0 Å². The van der Waals surface area contributed by atoms with Gasteiger partial charge in [0.25, 0.3) is 5.91 Å². The number of amides is 1. The molecule has 0 saturated carbocycles. The summed E-state index contributed by atoms with van der Waals surface area (Å²) < 4.78 is 0. The maximum Gasteiger partial charge on any atom is 0.260 e. The van der Waals surface area contributed by atoms with Gasteiger partial charge < -0.3 is 4.90 Å². The molecule has 0 radical (unpaired) electrons. The largest absolute Gasteiger partial charge is 0.316 e. The normalized spacial score (nSPS) is 19.2. The Labute approximate surface area is 151 Å². The number of nitrogens with zero attached hydrogens (tertiary/aromatic N) is 3. The highest BCUT2D eigenvalue weighted by atomic mass is 35.5. The van der Waals surface area contributed by atoms with E-state index in [1.165, 1.54) is 0 Å². The van der Waals surface area contributed by atoms with Gasteiger partial charge in [-0.2, -0.15) is 5.10 Å². The molecule has 2 heterocycles. The molecule has 0 aromatic heterocycles. The predicted molar refractivity (Wildman–Crippen MR) is 101 cm³/mol. The van der Waals surface area contributed by atoms with Crippen molar-refractivity contribution >= 4 is 34.7 Å². The molecule has 1 atom stereocenters. The third kappa shape index (κ3) is 2.70. The molecule has 0 spiro atoms. The number of amidine groups is 1. The smallest absolute Gasteiger partial charge is 0.260 e. The molecule has 0 fully saturated rings. The van der Waals surface area contributed by atoms with Crippen molar-refractivity contribution in [3.63, 3.8) is 0 Å². The molecular formula is C19H17ClN4O. The summed E-state index contributed by atoms with van der Waals surface area (Å²) in [5.74, 6) is 0.631. The molecule has 2 aliphatic heterocycles. The zero-order valence-corrected chi connectivity index (χ0v) is 14.5. The minimum atomic E-state index is -0.153. The van der Waals surface area contributed by atoms with E-state index in [0.717, 1.165) is 34.8 Å². The summed E-state index contributed by atoms with van der Waals surface area (Å²) in [7, 11) is 0. The summed E-state index contributed by atoms with van der Waals surface area (Å²) in [6.07, 6.45) is 0.771. The van der Waals surface area contributed by atoms with E-state index in [9.17, 15) is 4.79 Å². The van der Waals surface area contributed by atoms with Crippen molar-refractivity contribution in [3.8, 4) is 0 Å². The lowest BCUT2D eigenvalue weighted by Gasteiger charge is -2.30. The molecule has 1 unspecified atom stereocenters. The van der Waals surface area contributed by atoms with Gasteiger partial charge in [-0.25, -0.2) is 5.43 Å². The van der Waals surface area contributed by atoms with E-state index in [1.807, 2.05) is 53.4 Å². The van der Waals surface area contributed by atoms with Gasteiger partial charge in [0.15, 0.2) is 5.84 Å². The topological polar surface area (TPSA) is 57.1 Å². The maximum atomic E-state index is 11.9.